The van der Waals surface area contributed by atoms with Crippen molar-refractivity contribution in [3.05, 3.63) is 23.8 Å². The van der Waals surface area contributed by atoms with E-state index >= 15 is 0 Å². The van der Waals surface area contributed by atoms with Gasteiger partial charge in [0.05, 0.1) is 19.3 Å². The van der Waals surface area contributed by atoms with Gasteiger partial charge in [-0.05, 0) is 31.2 Å². The molecular formula is C13H19NO4. The molecule has 0 saturated carbocycles. The van der Waals surface area contributed by atoms with Gasteiger partial charge in [0.1, 0.15) is 0 Å². The minimum atomic E-state index is -0.195. The molecule has 0 aliphatic carbocycles. The third-order valence-electron chi connectivity index (χ3n) is 3.24. The zero-order valence-corrected chi connectivity index (χ0v) is 10.5. The number of nitrogens with zero attached hydrogens (tertiary/aromatic N) is 1. The van der Waals surface area contributed by atoms with E-state index in [2.05, 4.69) is 0 Å². The van der Waals surface area contributed by atoms with Crippen molar-refractivity contribution in [1.29, 1.82) is 0 Å². The number of hydrogen-bond acceptors (Lipinski definition) is 5. The minimum Gasteiger partial charge on any atom is -0.454 e. The summed E-state index contributed by atoms with van der Waals surface area (Å²) in [7, 11) is 1.89. The van der Waals surface area contributed by atoms with Gasteiger partial charge in [0.25, 0.3) is 0 Å². The van der Waals surface area contributed by atoms with Gasteiger partial charge in [-0.25, -0.2) is 0 Å². The first-order chi connectivity index (χ1) is 8.74. The van der Waals surface area contributed by atoms with Crippen LogP contribution in [0, 0.1) is 0 Å². The molecule has 0 saturated heterocycles. The number of hydrogen-bond donors (Lipinski definition) is 2. The number of aliphatic hydroxyl groups excluding tert-OH is 2. The highest BCUT2D eigenvalue weighted by Crippen LogP contribution is 2.32. The number of ether oxygens (including phenoxy) is 2. The van der Waals surface area contributed by atoms with Gasteiger partial charge in [-0.3, -0.25) is 4.90 Å². The number of fused-ring (bicyclic) bond motifs is 1. The fourth-order valence-electron chi connectivity index (χ4n) is 1.92. The summed E-state index contributed by atoms with van der Waals surface area (Å²) in [6.45, 7) is 0.990. The molecule has 100 valence electrons. The molecule has 0 fully saturated rings. The summed E-state index contributed by atoms with van der Waals surface area (Å²) in [6, 6.07) is 5.70. The molecule has 1 aliphatic heterocycles. The van der Waals surface area contributed by atoms with E-state index in [-0.39, 0.29) is 26.0 Å². The Labute approximate surface area is 107 Å². The number of likely N-dealkylation sites (N-methyl/N-ethyl adjacent to an activating group) is 1. The van der Waals surface area contributed by atoms with Crippen LogP contribution in [0.2, 0.25) is 0 Å². The predicted molar refractivity (Wildman–Crippen MR) is 66.9 cm³/mol. The third-order valence-corrected chi connectivity index (χ3v) is 3.24. The van der Waals surface area contributed by atoms with E-state index in [9.17, 15) is 0 Å². The van der Waals surface area contributed by atoms with Crippen molar-refractivity contribution in [2.24, 2.45) is 0 Å². The summed E-state index contributed by atoms with van der Waals surface area (Å²) in [5.74, 6) is 1.58. The number of aliphatic hydroxyl groups is 2. The SMILES string of the molecule is CN(CCc1ccc2c(c1)OCO2)C(CO)CO. The zero-order valence-electron chi connectivity index (χ0n) is 10.5. The monoisotopic (exact) mass is 253 g/mol. The zero-order chi connectivity index (χ0) is 13.0. The largest absolute Gasteiger partial charge is 0.454 e. The second-order valence-electron chi connectivity index (χ2n) is 4.44. The van der Waals surface area contributed by atoms with Gasteiger partial charge in [0.15, 0.2) is 11.5 Å². The van der Waals surface area contributed by atoms with E-state index in [0.29, 0.717) is 0 Å². The molecule has 0 bridgehead atoms. The molecule has 1 aliphatic rings. The van der Waals surface area contributed by atoms with Crippen LogP contribution >= 0.6 is 0 Å². The molecule has 2 N–H and O–H groups in total. The fourth-order valence-corrected chi connectivity index (χ4v) is 1.92. The molecular weight excluding hydrogens is 234 g/mol. The van der Waals surface area contributed by atoms with Gasteiger partial charge >= 0.3 is 0 Å². The number of benzene rings is 1. The third kappa shape index (κ3) is 2.93. The van der Waals surface area contributed by atoms with Crippen molar-refractivity contribution in [3.63, 3.8) is 0 Å². The Bertz CT molecular complexity index is 393. The van der Waals surface area contributed by atoms with Crippen molar-refractivity contribution < 1.29 is 19.7 Å². The van der Waals surface area contributed by atoms with Crippen molar-refractivity contribution in [2.45, 2.75) is 12.5 Å². The molecule has 0 radical (unpaired) electrons. The summed E-state index contributed by atoms with van der Waals surface area (Å²) >= 11 is 0. The van der Waals surface area contributed by atoms with Crippen molar-refractivity contribution in [2.75, 3.05) is 33.6 Å². The lowest BCUT2D eigenvalue weighted by atomic mass is 10.1. The Morgan fingerprint density at radius 2 is 1.94 bits per heavy atom. The smallest absolute Gasteiger partial charge is 0.231 e. The van der Waals surface area contributed by atoms with E-state index in [1.54, 1.807) is 0 Å². The normalized spacial score (nSPS) is 13.6. The summed E-state index contributed by atoms with van der Waals surface area (Å²) in [5, 5.41) is 18.2. The van der Waals surface area contributed by atoms with Crippen LogP contribution in [-0.4, -0.2) is 54.8 Å². The maximum atomic E-state index is 9.08. The first kappa shape index (κ1) is 13.1. The number of rotatable bonds is 6. The van der Waals surface area contributed by atoms with E-state index < -0.39 is 0 Å². The molecule has 1 aromatic rings. The van der Waals surface area contributed by atoms with E-state index in [1.807, 2.05) is 30.1 Å². The van der Waals surface area contributed by atoms with Gasteiger partial charge in [-0.1, -0.05) is 6.07 Å². The maximum Gasteiger partial charge on any atom is 0.231 e. The van der Waals surface area contributed by atoms with Gasteiger partial charge in [0, 0.05) is 6.54 Å². The molecule has 0 spiro atoms. The lowest BCUT2D eigenvalue weighted by Gasteiger charge is -2.24. The van der Waals surface area contributed by atoms with Crippen LogP contribution in [0.4, 0.5) is 0 Å². The van der Waals surface area contributed by atoms with Crippen molar-refractivity contribution >= 4 is 0 Å². The van der Waals surface area contributed by atoms with Crippen LogP contribution in [0.1, 0.15) is 5.56 Å². The summed E-state index contributed by atoms with van der Waals surface area (Å²) in [6.07, 6.45) is 0.837. The lowest BCUT2D eigenvalue weighted by molar-refractivity contribution is 0.0925. The molecule has 1 heterocycles. The topological polar surface area (TPSA) is 62.2 Å². The highest BCUT2D eigenvalue weighted by atomic mass is 16.7. The van der Waals surface area contributed by atoms with E-state index in [0.717, 1.165) is 30.0 Å². The molecule has 0 amide bonds. The molecule has 5 heteroatoms. The molecule has 0 atom stereocenters. The van der Waals surface area contributed by atoms with Crippen molar-refractivity contribution in [3.8, 4) is 11.5 Å². The molecule has 2 rings (SSSR count). The highest BCUT2D eigenvalue weighted by molar-refractivity contribution is 5.44. The molecule has 18 heavy (non-hydrogen) atoms. The summed E-state index contributed by atoms with van der Waals surface area (Å²) < 4.78 is 10.6. The lowest BCUT2D eigenvalue weighted by Crippen LogP contribution is -2.38. The first-order valence-electron chi connectivity index (χ1n) is 6.05. The van der Waals surface area contributed by atoms with E-state index in [4.69, 9.17) is 19.7 Å². The van der Waals surface area contributed by atoms with Crippen LogP contribution in [0.5, 0.6) is 11.5 Å². The van der Waals surface area contributed by atoms with Gasteiger partial charge in [0.2, 0.25) is 6.79 Å². The Morgan fingerprint density at radius 1 is 1.22 bits per heavy atom. The Hall–Kier alpha value is -1.30. The average Bonchev–Trinajstić information content (AvgIpc) is 2.85. The van der Waals surface area contributed by atoms with Crippen molar-refractivity contribution in [1.82, 2.24) is 4.90 Å². The second-order valence-corrected chi connectivity index (χ2v) is 4.44. The predicted octanol–water partition coefficient (Wildman–Crippen LogP) is 0.243. The average molecular weight is 253 g/mol. The molecule has 0 unspecified atom stereocenters. The molecule has 5 nitrogen and oxygen atoms in total. The van der Waals surface area contributed by atoms with Crippen LogP contribution < -0.4 is 9.47 Å². The second kappa shape index (κ2) is 6.04. The minimum absolute atomic E-state index is 0.0336. The Kier molecular flexibility index (Phi) is 4.41. The molecule has 1 aromatic carbocycles. The van der Waals surface area contributed by atoms with Crippen LogP contribution in [0.3, 0.4) is 0 Å². The standard InChI is InChI=1S/C13H19NO4/c1-14(11(7-15)8-16)5-4-10-2-3-12-13(6-10)18-9-17-12/h2-3,6,11,15-16H,4-5,7-9H2,1H3. The van der Waals surface area contributed by atoms with Crippen LogP contribution in [0.25, 0.3) is 0 Å². The Morgan fingerprint density at radius 3 is 2.67 bits per heavy atom. The van der Waals surface area contributed by atoms with Crippen LogP contribution in [0.15, 0.2) is 18.2 Å². The first-order valence-corrected chi connectivity index (χ1v) is 6.05. The quantitative estimate of drug-likeness (QED) is 0.760. The summed E-state index contributed by atoms with van der Waals surface area (Å²) in [5.41, 5.74) is 1.15. The summed E-state index contributed by atoms with van der Waals surface area (Å²) in [4.78, 5) is 1.95. The van der Waals surface area contributed by atoms with Crippen LogP contribution in [-0.2, 0) is 6.42 Å². The van der Waals surface area contributed by atoms with E-state index in [1.165, 1.54) is 0 Å². The maximum absolute atomic E-state index is 9.08. The molecule has 0 aromatic heterocycles. The highest BCUT2D eigenvalue weighted by Gasteiger charge is 2.15. The Balaban J connectivity index is 1.90. The van der Waals surface area contributed by atoms with Gasteiger partial charge < -0.3 is 19.7 Å². The van der Waals surface area contributed by atoms with Gasteiger partial charge in [-0.2, -0.15) is 0 Å². The van der Waals surface area contributed by atoms with Gasteiger partial charge in [-0.15, -0.1) is 0 Å². The fraction of sp³-hybridized carbons (Fsp3) is 0.538.